The van der Waals surface area contributed by atoms with Crippen molar-refractivity contribution in [3.8, 4) is 0 Å². The molecule has 0 aliphatic heterocycles. The van der Waals surface area contributed by atoms with Crippen molar-refractivity contribution in [3.05, 3.63) is 0 Å². The predicted octanol–water partition coefficient (Wildman–Crippen LogP) is 0.584. The predicted molar refractivity (Wildman–Crippen MR) is 39.1 cm³/mol. The van der Waals surface area contributed by atoms with Crippen molar-refractivity contribution in [2.75, 3.05) is 5.75 Å². The van der Waals surface area contributed by atoms with Crippen molar-refractivity contribution in [2.24, 2.45) is 0 Å². The molecule has 1 radical (unpaired) electrons. The third-order valence-electron chi connectivity index (χ3n) is 2.14. The Morgan fingerprint density at radius 1 is 1.50 bits per heavy atom. The fourth-order valence-electron chi connectivity index (χ4n) is 1.09. The molecular formula is C6H12NO2S. The SMILES string of the molecule is CCS(=O)(=O)C1([NH])CCC1. The molecule has 0 spiro atoms. The highest BCUT2D eigenvalue weighted by Gasteiger charge is 2.44. The molecule has 3 nitrogen and oxygen atoms in total. The molecule has 0 saturated heterocycles. The highest BCUT2D eigenvalue weighted by Crippen LogP contribution is 2.35. The molecule has 1 saturated carbocycles. The first-order valence-electron chi connectivity index (χ1n) is 3.49. The summed E-state index contributed by atoms with van der Waals surface area (Å²) in [4.78, 5) is -1.11. The van der Waals surface area contributed by atoms with E-state index in [0.29, 0.717) is 12.8 Å². The van der Waals surface area contributed by atoms with Crippen LogP contribution in [0.15, 0.2) is 0 Å². The third kappa shape index (κ3) is 0.953. The molecule has 0 atom stereocenters. The highest BCUT2D eigenvalue weighted by molar-refractivity contribution is 7.92. The molecule has 59 valence electrons. The summed E-state index contributed by atoms with van der Waals surface area (Å²) in [6, 6.07) is 0. The normalized spacial score (nSPS) is 23.8. The largest absolute Gasteiger partial charge is 0.235 e. The van der Waals surface area contributed by atoms with E-state index in [0.717, 1.165) is 6.42 Å². The van der Waals surface area contributed by atoms with Gasteiger partial charge in [0.25, 0.3) is 0 Å². The van der Waals surface area contributed by atoms with Crippen molar-refractivity contribution in [1.82, 2.24) is 5.73 Å². The van der Waals surface area contributed by atoms with E-state index in [9.17, 15) is 8.42 Å². The van der Waals surface area contributed by atoms with Crippen LogP contribution < -0.4 is 5.73 Å². The topological polar surface area (TPSA) is 57.9 Å². The van der Waals surface area contributed by atoms with Gasteiger partial charge in [0.15, 0.2) is 9.84 Å². The van der Waals surface area contributed by atoms with Crippen molar-refractivity contribution in [3.63, 3.8) is 0 Å². The van der Waals surface area contributed by atoms with Gasteiger partial charge in [0.2, 0.25) is 0 Å². The Balaban J connectivity index is 2.82. The molecule has 1 rings (SSSR count). The number of sulfone groups is 1. The Morgan fingerprint density at radius 3 is 2.10 bits per heavy atom. The number of rotatable bonds is 2. The van der Waals surface area contributed by atoms with Gasteiger partial charge in [-0.1, -0.05) is 6.92 Å². The zero-order chi connectivity index (χ0) is 7.83. The molecule has 0 unspecified atom stereocenters. The van der Waals surface area contributed by atoms with Crippen LogP contribution in [0.4, 0.5) is 0 Å². The molecule has 0 amide bonds. The highest BCUT2D eigenvalue weighted by atomic mass is 32.2. The fourth-order valence-corrected chi connectivity index (χ4v) is 2.55. The van der Waals surface area contributed by atoms with Crippen LogP contribution in [0.5, 0.6) is 0 Å². The molecule has 1 aliphatic rings. The van der Waals surface area contributed by atoms with Gasteiger partial charge in [-0.2, -0.15) is 0 Å². The standard InChI is InChI=1S/C6H12NO2S/c1-2-10(8,9)6(7)4-3-5-6/h7H,2-5H2,1H3. The van der Waals surface area contributed by atoms with Gasteiger partial charge in [-0.05, 0) is 19.3 Å². The van der Waals surface area contributed by atoms with Crippen LogP contribution in [-0.2, 0) is 9.84 Å². The van der Waals surface area contributed by atoms with Gasteiger partial charge in [0, 0.05) is 5.75 Å². The number of nitrogens with one attached hydrogen (secondary N) is 1. The molecule has 0 aromatic heterocycles. The average molecular weight is 162 g/mol. The lowest BCUT2D eigenvalue weighted by atomic mass is 9.93. The molecule has 4 heteroatoms. The van der Waals surface area contributed by atoms with Crippen LogP contribution in [0, 0.1) is 0 Å². The third-order valence-corrected chi connectivity index (χ3v) is 4.50. The Kier molecular flexibility index (Phi) is 1.76. The van der Waals surface area contributed by atoms with Gasteiger partial charge >= 0.3 is 0 Å². The van der Waals surface area contributed by atoms with Crippen LogP contribution in [-0.4, -0.2) is 19.0 Å². The molecule has 0 aromatic rings. The van der Waals surface area contributed by atoms with E-state index in [1.54, 1.807) is 6.92 Å². The lowest BCUT2D eigenvalue weighted by Crippen LogP contribution is -2.47. The van der Waals surface area contributed by atoms with Gasteiger partial charge in [0.05, 0.1) is 0 Å². The van der Waals surface area contributed by atoms with E-state index in [-0.39, 0.29) is 5.75 Å². The fraction of sp³-hybridized carbons (Fsp3) is 1.00. The summed E-state index contributed by atoms with van der Waals surface area (Å²) in [5.74, 6) is 0.108. The minimum atomic E-state index is -3.09. The van der Waals surface area contributed by atoms with Crippen LogP contribution in [0.3, 0.4) is 0 Å². The van der Waals surface area contributed by atoms with Crippen molar-refractivity contribution in [1.29, 1.82) is 0 Å². The van der Waals surface area contributed by atoms with Crippen LogP contribution in [0.2, 0.25) is 0 Å². The van der Waals surface area contributed by atoms with Gasteiger partial charge in [-0.25, -0.2) is 14.2 Å². The maximum absolute atomic E-state index is 11.1. The van der Waals surface area contributed by atoms with Crippen LogP contribution in [0.25, 0.3) is 0 Å². The summed E-state index contributed by atoms with van der Waals surface area (Å²) in [7, 11) is -3.09. The summed E-state index contributed by atoms with van der Waals surface area (Å²) in [5, 5.41) is 0. The zero-order valence-corrected chi connectivity index (χ0v) is 6.87. The second-order valence-corrected chi connectivity index (χ2v) is 5.34. The maximum Gasteiger partial charge on any atom is 0.169 e. The maximum atomic E-state index is 11.1. The van der Waals surface area contributed by atoms with Crippen LogP contribution in [0.1, 0.15) is 26.2 Å². The Morgan fingerprint density at radius 2 is 2.00 bits per heavy atom. The van der Waals surface area contributed by atoms with Crippen molar-refractivity contribution >= 4 is 9.84 Å². The summed E-state index contributed by atoms with van der Waals surface area (Å²) in [6.07, 6.45) is 1.95. The average Bonchev–Trinajstić information content (AvgIpc) is 1.82. The molecule has 1 fully saturated rings. The Bertz CT molecular complexity index is 216. The summed E-state index contributed by atoms with van der Waals surface area (Å²) in [5.41, 5.74) is 7.48. The summed E-state index contributed by atoms with van der Waals surface area (Å²) >= 11 is 0. The van der Waals surface area contributed by atoms with Crippen molar-refractivity contribution in [2.45, 2.75) is 31.1 Å². The second-order valence-electron chi connectivity index (χ2n) is 2.75. The van der Waals surface area contributed by atoms with E-state index in [1.807, 2.05) is 0 Å². The van der Waals surface area contributed by atoms with E-state index in [1.165, 1.54) is 0 Å². The molecule has 1 N–H and O–H groups in total. The first-order valence-corrected chi connectivity index (χ1v) is 5.14. The summed E-state index contributed by atoms with van der Waals surface area (Å²) < 4.78 is 22.2. The molecule has 0 aromatic carbocycles. The zero-order valence-electron chi connectivity index (χ0n) is 6.05. The molecule has 1 aliphatic carbocycles. The van der Waals surface area contributed by atoms with Crippen LogP contribution >= 0.6 is 0 Å². The lowest BCUT2D eigenvalue weighted by Gasteiger charge is -2.35. The summed E-state index contributed by atoms with van der Waals surface area (Å²) in [6.45, 7) is 1.60. The van der Waals surface area contributed by atoms with Gasteiger partial charge in [-0.15, -0.1) is 0 Å². The monoisotopic (exact) mass is 162 g/mol. The quantitative estimate of drug-likeness (QED) is 0.596. The smallest absolute Gasteiger partial charge is 0.169 e. The van der Waals surface area contributed by atoms with E-state index in [2.05, 4.69) is 0 Å². The van der Waals surface area contributed by atoms with Gasteiger partial charge in [0.1, 0.15) is 4.87 Å². The molecular weight excluding hydrogens is 150 g/mol. The first-order chi connectivity index (χ1) is 4.52. The van der Waals surface area contributed by atoms with E-state index >= 15 is 0 Å². The first kappa shape index (κ1) is 8.01. The Hall–Kier alpha value is -0.0900. The Labute approximate surface area is 61.5 Å². The molecule has 0 bridgehead atoms. The van der Waals surface area contributed by atoms with Crippen molar-refractivity contribution < 1.29 is 8.42 Å². The molecule has 0 heterocycles. The van der Waals surface area contributed by atoms with Gasteiger partial charge < -0.3 is 0 Å². The van der Waals surface area contributed by atoms with E-state index < -0.39 is 14.7 Å². The number of hydrogen-bond donors (Lipinski definition) is 0. The molecule has 10 heavy (non-hydrogen) atoms. The van der Waals surface area contributed by atoms with Gasteiger partial charge in [-0.3, -0.25) is 0 Å². The second kappa shape index (κ2) is 2.20. The lowest BCUT2D eigenvalue weighted by molar-refractivity contribution is 0.336. The van der Waals surface area contributed by atoms with E-state index in [4.69, 9.17) is 5.73 Å². The minimum Gasteiger partial charge on any atom is -0.235 e. The number of hydrogen-bond acceptors (Lipinski definition) is 2. The minimum absolute atomic E-state index is 0.108.